The summed E-state index contributed by atoms with van der Waals surface area (Å²) in [7, 11) is -0.171. The second-order valence-corrected chi connectivity index (χ2v) is 6.20. The van der Waals surface area contributed by atoms with E-state index >= 15 is 0 Å². The molecule has 2 aliphatic rings. The lowest BCUT2D eigenvalue weighted by atomic mass is 9.97. The number of hydrogen-bond donors (Lipinski definition) is 2. The summed E-state index contributed by atoms with van der Waals surface area (Å²) in [5.41, 5.74) is 1.22. The van der Waals surface area contributed by atoms with Crippen molar-refractivity contribution in [3.8, 4) is 0 Å². The maximum Gasteiger partial charge on any atom is 0.418 e. The molecule has 132 valence electrons. The lowest BCUT2D eigenvalue weighted by molar-refractivity contribution is -0.0316. The molecule has 1 fully saturated rings. The van der Waals surface area contributed by atoms with Gasteiger partial charge >= 0.3 is 16.4 Å². The van der Waals surface area contributed by atoms with Crippen LogP contribution in [0.5, 0.6) is 0 Å². The molecule has 2 N–H and O–H groups in total. The van der Waals surface area contributed by atoms with Gasteiger partial charge in [0, 0.05) is 19.7 Å². The number of nitrogens with zero attached hydrogens (tertiary/aromatic N) is 5. The first-order valence-corrected chi connectivity index (χ1v) is 8.22. The molecule has 0 radical (unpaired) electrons. The Labute approximate surface area is 137 Å². The SMILES string of the molecule is CN/C(=N\OC)C1c2c(cnn2C)C2CN1C(=O)N2OS(=O)(=O)O. The smallest absolute Gasteiger partial charge is 0.398 e. The number of fused-ring (bicyclic) bond motifs is 4. The number of hydrogen-bond acceptors (Lipinski definition) is 7. The third-order valence-corrected chi connectivity index (χ3v) is 4.26. The molecule has 2 amide bonds. The van der Waals surface area contributed by atoms with Crippen molar-refractivity contribution < 1.29 is 26.9 Å². The molecular weight excluding hydrogens is 344 g/mol. The number of nitrogens with one attached hydrogen (secondary N) is 1. The van der Waals surface area contributed by atoms with Crippen LogP contribution >= 0.6 is 0 Å². The number of carbonyl (C=O) groups is 1. The molecule has 1 saturated heterocycles. The van der Waals surface area contributed by atoms with Gasteiger partial charge in [-0.3, -0.25) is 9.23 Å². The van der Waals surface area contributed by atoms with Crippen LogP contribution in [-0.2, 0) is 26.6 Å². The molecule has 1 aromatic heterocycles. The number of oxime groups is 1. The molecule has 2 atom stereocenters. The molecule has 0 aliphatic carbocycles. The van der Waals surface area contributed by atoms with Gasteiger partial charge in [-0.2, -0.15) is 18.6 Å². The molecule has 12 nitrogen and oxygen atoms in total. The van der Waals surface area contributed by atoms with Crippen LogP contribution < -0.4 is 5.32 Å². The van der Waals surface area contributed by atoms with E-state index in [-0.39, 0.29) is 6.54 Å². The van der Waals surface area contributed by atoms with Crippen LogP contribution in [0.25, 0.3) is 0 Å². The Kier molecular flexibility index (Phi) is 3.85. The van der Waals surface area contributed by atoms with E-state index in [0.29, 0.717) is 22.2 Å². The summed E-state index contributed by atoms with van der Waals surface area (Å²) < 4.78 is 37.1. The van der Waals surface area contributed by atoms with Gasteiger partial charge < -0.3 is 15.1 Å². The lowest BCUT2D eigenvalue weighted by Crippen LogP contribution is -2.43. The largest absolute Gasteiger partial charge is 0.418 e. The van der Waals surface area contributed by atoms with Gasteiger partial charge in [-0.25, -0.2) is 4.79 Å². The summed E-state index contributed by atoms with van der Waals surface area (Å²) >= 11 is 0. The number of aryl methyl sites for hydroxylation is 1. The fraction of sp³-hybridized carbons (Fsp3) is 0.545. The van der Waals surface area contributed by atoms with Crippen LogP contribution in [0.2, 0.25) is 0 Å². The van der Waals surface area contributed by atoms with Gasteiger partial charge in [0.2, 0.25) is 0 Å². The van der Waals surface area contributed by atoms with Gasteiger partial charge in [0.15, 0.2) is 5.84 Å². The number of likely N-dealkylation sites (N-methyl/N-ethyl adjacent to an activating group) is 1. The number of aromatic nitrogens is 2. The Hall–Kier alpha value is -2.38. The zero-order valence-electron chi connectivity index (χ0n) is 13.1. The van der Waals surface area contributed by atoms with Gasteiger partial charge in [-0.05, 0) is 0 Å². The molecule has 0 saturated carbocycles. The van der Waals surface area contributed by atoms with Crippen molar-refractivity contribution >= 4 is 22.3 Å². The van der Waals surface area contributed by atoms with Crippen LogP contribution in [0.3, 0.4) is 0 Å². The Morgan fingerprint density at radius 3 is 2.83 bits per heavy atom. The maximum atomic E-state index is 12.6. The van der Waals surface area contributed by atoms with Crippen molar-refractivity contribution in [3.63, 3.8) is 0 Å². The summed E-state index contributed by atoms with van der Waals surface area (Å²) in [4.78, 5) is 18.7. The summed E-state index contributed by atoms with van der Waals surface area (Å²) in [6.07, 6.45) is 1.52. The zero-order chi connectivity index (χ0) is 17.6. The lowest BCUT2D eigenvalue weighted by Gasteiger charge is -2.31. The maximum absolute atomic E-state index is 12.6. The van der Waals surface area contributed by atoms with Gasteiger partial charge in [-0.15, -0.1) is 4.28 Å². The number of hydroxylamine groups is 2. The second-order valence-electron chi connectivity index (χ2n) is 5.20. The molecule has 3 rings (SSSR count). The van der Waals surface area contributed by atoms with Crippen LogP contribution in [0.15, 0.2) is 11.4 Å². The Morgan fingerprint density at radius 1 is 1.54 bits per heavy atom. The fourth-order valence-electron chi connectivity index (χ4n) is 3.04. The summed E-state index contributed by atoms with van der Waals surface area (Å²) in [6.45, 7) is 0.141. The summed E-state index contributed by atoms with van der Waals surface area (Å²) in [5, 5.41) is 11.5. The van der Waals surface area contributed by atoms with E-state index in [9.17, 15) is 13.2 Å². The minimum atomic E-state index is -4.85. The number of amides is 2. The number of carbonyl (C=O) groups excluding carboxylic acids is 1. The predicted molar refractivity (Wildman–Crippen MR) is 78.8 cm³/mol. The van der Waals surface area contributed by atoms with E-state index in [2.05, 4.69) is 19.9 Å². The molecule has 0 aromatic carbocycles. The first kappa shape index (κ1) is 16.5. The van der Waals surface area contributed by atoms with E-state index < -0.39 is 28.5 Å². The number of rotatable bonds is 4. The van der Waals surface area contributed by atoms with Crippen LogP contribution in [0.4, 0.5) is 4.79 Å². The van der Waals surface area contributed by atoms with Crippen molar-refractivity contribution in [3.05, 3.63) is 17.5 Å². The monoisotopic (exact) mass is 360 g/mol. The molecule has 2 bridgehead atoms. The minimum absolute atomic E-state index is 0.141. The van der Waals surface area contributed by atoms with Gasteiger partial charge in [-0.1, -0.05) is 5.16 Å². The van der Waals surface area contributed by atoms with Crippen LogP contribution in [0, 0.1) is 0 Å². The zero-order valence-corrected chi connectivity index (χ0v) is 13.9. The molecule has 13 heteroatoms. The predicted octanol–water partition coefficient (Wildman–Crippen LogP) is -0.833. The average Bonchev–Trinajstić information content (AvgIpc) is 3.00. The van der Waals surface area contributed by atoms with E-state index in [1.54, 1.807) is 18.8 Å². The number of urea groups is 1. The average molecular weight is 360 g/mol. The minimum Gasteiger partial charge on any atom is -0.398 e. The van der Waals surface area contributed by atoms with E-state index in [1.165, 1.54) is 18.2 Å². The third-order valence-electron chi connectivity index (χ3n) is 3.91. The third kappa shape index (κ3) is 2.46. The normalized spacial score (nSPS) is 23.5. The van der Waals surface area contributed by atoms with Crippen LogP contribution in [-0.4, -0.2) is 65.3 Å². The van der Waals surface area contributed by atoms with E-state index in [1.807, 2.05) is 0 Å². The van der Waals surface area contributed by atoms with Gasteiger partial charge in [0.25, 0.3) is 0 Å². The van der Waals surface area contributed by atoms with Crippen molar-refractivity contribution in [1.82, 2.24) is 25.1 Å². The Balaban J connectivity index is 2.12. The molecular formula is C11H16N6O6S. The van der Waals surface area contributed by atoms with E-state index in [4.69, 9.17) is 9.39 Å². The van der Waals surface area contributed by atoms with Gasteiger partial charge in [0.1, 0.15) is 19.2 Å². The molecule has 24 heavy (non-hydrogen) atoms. The summed E-state index contributed by atoms with van der Waals surface area (Å²) in [5.74, 6) is 0.336. The highest BCUT2D eigenvalue weighted by atomic mass is 32.3. The first-order chi connectivity index (χ1) is 11.3. The molecule has 1 aromatic rings. The van der Waals surface area contributed by atoms with Gasteiger partial charge in [0.05, 0.1) is 18.4 Å². The fourth-order valence-corrected chi connectivity index (χ4v) is 3.41. The second kappa shape index (κ2) is 5.61. The number of amidine groups is 1. The topological polar surface area (TPSA) is 139 Å². The summed E-state index contributed by atoms with van der Waals surface area (Å²) in [6, 6.07) is -2.12. The quantitative estimate of drug-likeness (QED) is 0.307. The highest BCUT2D eigenvalue weighted by Gasteiger charge is 2.53. The first-order valence-electron chi connectivity index (χ1n) is 6.86. The standard InChI is InChI=1S/C11H16N6O6S/c1-12-10(14-22-3)9-8-6(4-13-15(8)2)7-5-16(9)11(18)17(7)23-24(19,20)21/h4,7,9H,5H2,1-3H3,(H,12,14)(H,19,20,21). The van der Waals surface area contributed by atoms with E-state index in [0.717, 1.165) is 0 Å². The highest BCUT2D eigenvalue weighted by Crippen LogP contribution is 2.44. The molecule has 0 spiro atoms. The Bertz CT molecular complexity index is 804. The Morgan fingerprint density at radius 2 is 2.25 bits per heavy atom. The van der Waals surface area contributed by atoms with Crippen molar-refractivity contribution in [1.29, 1.82) is 0 Å². The van der Waals surface area contributed by atoms with Crippen LogP contribution in [0.1, 0.15) is 23.3 Å². The van der Waals surface area contributed by atoms with Crippen molar-refractivity contribution in [2.45, 2.75) is 12.1 Å². The molecule has 2 unspecified atom stereocenters. The van der Waals surface area contributed by atoms with Crippen molar-refractivity contribution in [2.75, 3.05) is 20.7 Å². The van der Waals surface area contributed by atoms with Crippen molar-refractivity contribution in [2.24, 2.45) is 12.2 Å². The molecule has 3 heterocycles. The highest BCUT2D eigenvalue weighted by molar-refractivity contribution is 7.80. The molecule has 2 aliphatic heterocycles.